The van der Waals surface area contributed by atoms with Crippen LogP contribution >= 0.6 is 12.2 Å². The molecule has 3 heterocycles. The Morgan fingerprint density at radius 1 is 0.950 bits per heavy atom. The third-order valence-electron chi connectivity index (χ3n) is 7.12. The molecule has 4 aromatic rings. The van der Waals surface area contributed by atoms with Gasteiger partial charge in [0.1, 0.15) is 0 Å². The zero-order valence-corrected chi connectivity index (χ0v) is 21.8. The van der Waals surface area contributed by atoms with E-state index >= 15 is 0 Å². The van der Waals surface area contributed by atoms with Crippen molar-refractivity contribution < 1.29 is 27.4 Å². The minimum Gasteiger partial charge on any atom is -0.454 e. The van der Waals surface area contributed by atoms with E-state index in [1.54, 1.807) is 47.4 Å². The van der Waals surface area contributed by atoms with Gasteiger partial charge in [-0.05, 0) is 54.2 Å². The molecule has 0 unspecified atom stereocenters. The van der Waals surface area contributed by atoms with Crippen LogP contribution in [0.2, 0.25) is 0 Å². The molecule has 0 spiro atoms. The number of anilines is 1. The molecule has 1 amide bonds. The summed E-state index contributed by atoms with van der Waals surface area (Å²) in [5.74, 6) is 0.888. The Balaban J connectivity index is 1.13. The van der Waals surface area contributed by atoms with Crippen molar-refractivity contribution in [3.63, 3.8) is 0 Å². The number of nitrogens with one attached hydrogen (secondary N) is 1. The van der Waals surface area contributed by atoms with Crippen LogP contribution in [0.15, 0.2) is 65.5 Å². The number of H-pyrrole nitrogens is 1. The lowest BCUT2D eigenvalue weighted by atomic mass is 10.1. The van der Waals surface area contributed by atoms with Crippen LogP contribution in [0.3, 0.4) is 0 Å². The van der Waals surface area contributed by atoms with Crippen molar-refractivity contribution in [3.8, 4) is 11.5 Å². The molecule has 12 heteroatoms. The van der Waals surface area contributed by atoms with Crippen molar-refractivity contribution in [1.29, 1.82) is 0 Å². The third kappa shape index (κ3) is 4.90. The van der Waals surface area contributed by atoms with Crippen molar-refractivity contribution in [1.82, 2.24) is 14.5 Å². The molecule has 0 aliphatic carbocycles. The van der Waals surface area contributed by atoms with E-state index in [4.69, 9.17) is 21.7 Å². The van der Waals surface area contributed by atoms with Crippen LogP contribution in [-0.2, 0) is 12.7 Å². The fourth-order valence-electron chi connectivity index (χ4n) is 4.95. The summed E-state index contributed by atoms with van der Waals surface area (Å²) in [7, 11) is 0. The summed E-state index contributed by atoms with van der Waals surface area (Å²) in [6.45, 7) is 1.93. The molecule has 0 saturated carbocycles. The first-order valence-corrected chi connectivity index (χ1v) is 12.9. The molecular weight excluding hydrogens is 545 g/mol. The number of hydrogen-bond acceptors (Lipinski definition) is 6. The van der Waals surface area contributed by atoms with Gasteiger partial charge in [0.05, 0.1) is 23.0 Å². The van der Waals surface area contributed by atoms with Crippen LogP contribution in [0.1, 0.15) is 21.5 Å². The minimum atomic E-state index is -4.41. The van der Waals surface area contributed by atoms with Gasteiger partial charge in [-0.25, -0.2) is 0 Å². The van der Waals surface area contributed by atoms with Gasteiger partial charge >= 0.3 is 6.18 Å². The number of fused-ring (bicyclic) bond motifs is 2. The van der Waals surface area contributed by atoms with Gasteiger partial charge in [0.15, 0.2) is 16.3 Å². The van der Waals surface area contributed by atoms with Crippen molar-refractivity contribution in [2.45, 2.75) is 12.7 Å². The number of ether oxygens (including phenoxy) is 2. The number of aromatic nitrogens is 2. The van der Waals surface area contributed by atoms with Gasteiger partial charge in [0.2, 0.25) is 6.79 Å². The Morgan fingerprint density at radius 3 is 2.35 bits per heavy atom. The zero-order valence-electron chi connectivity index (χ0n) is 21.0. The third-order valence-corrected chi connectivity index (χ3v) is 7.44. The van der Waals surface area contributed by atoms with Gasteiger partial charge in [-0.1, -0.05) is 18.2 Å². The predicted molar refractivity (Wildman–Crippen MR) is 145 cm³/mol. The number of aromatic amines is 1. The predicted octanol–water partition coefficient (Wildman–Crippen LogP) is 4.82. The molecule has 40 heavy (non-hydrogen) atoms. The van der Waals surface area contributed by atoms with Crippen LogP contribution in [0.5, 0.6) is 11.5 Å². The highest BCUT2D eigenvalue weighted by atomic mass is 32.1. The summed E-state index contributed by atoms with van der Waals surface area (Å²) in [6, 6.07) is 15.5. The molecule has 206 valence electrons. The lowest BCUT2D eigenvalue weighted by Crippen LogP contribution is -2.48. The average molecular weight is 569 g/mol. The Bertz CT molecular complexity index is 1730. The Hall–Kier alpha value is -4.32. The quantitative estimate of drug-likeness (QED) is 0.356. The second kappa shape index (κ2) is 10.0. The maximum absolute atomic E-state index is 13.2. The minimum absolute atomic E-state index is 0.0944. The number of carbonyl (C=O) groups is 1. The summed E-state index contributed by atoms with van der Waals surface area (Å²) < 4.78 is 51.7. The summed E-state index contributed by atoms with van der Waals surface area (Å²) >= 11 is 5.43. The van der Waals surface area contributed by atoms with E-state index in [2.05, 4.69) is 4.98 Å². The number of amides is 1. The molecule has 1 N–H and O–H groups in total. The smallest absolute Gasteiger partial charge is 0.416 e. The SMILES string of the molecule is O=C(c1ccc(Cn2c(=S)[nH]c3cc4c(cc3c2=O)OCO4)cc1)N1CCN(c2cccc(C(F)(F)F)c2)CC1. The molecule has 0 atom stereocenters. The highest BCUT2D eigenvalue weighted by molar-refractivity contribution is 7.71. The normalized spacial score (nSPS) is 15.1. The second-order valence-corrected chi connectivity index (χ2v) is 9.98. The van der Waals surface area contributed by atoms with Crippen LogP contribution in [-0.4, -0.2) is 53.3 Å². The number of rotatable bonds is 4. The van der Waals surface area contributed by atoms with Gasteiger partial charge in [-0.15, -0.1) is 0 Å². The van der Waals surface area contributed by atoms with Crippen LogP contribution in [0, 0.1) is 4.77 Å². The zero-order chi connectivity index (χ0) is 28.0. The molecular formula is C28H23F3N4O4S. The largest absolute Gasteiger partial charge is 0.454 e. The van der Waals surface area contributed by atoms with Crippen molar-refractivity contribution in [2.24, 2.45) is 0 Å². The van der Waals surface area contributed by atoms with Crippen molar-refractivity contribution in [3.05, 3.63) is 92.5 Å². The van der Waals surface area contributed by atoms with E-state index in [9.17, 15) is 22.8 Å². The number of carbonyl (C=O) groups excluding carboxylic acids is 1. The molecule has 0 radical (unpaired) electrons. The Morgan fingerprint density at radius 2 is 1.65 bits per heavy atom. The Kier molecular flexibility index (Phi) is 6.49. The molecule has 2 aliphatic rings. The van der Waals surface area contributed by atoms with Crippen molar-refractivity contribution >= 4 is 34.7 Å². The van der Waals surface area contributed by atoms with E-state index in [1.807, 2.05) is 4.90 Å². The second-order valence-electron chi connectivity index (χ2n) is 9.60. The van der Waals surface area contributed by atoms with Crippen molar-refractivity contribution in [2.75, 3.05) is 37.9 Å². The molecule has 0 bridgehead atoms. The topological polar surface area (TPSA) is 79.8 Å². The lowest BCUT2D eigenvalue weighted by molar-refractivity contribution is -0.137. The first-order chi connectivity index (χ1) is 19.2. The maximum Gasteiger partial charge on any atom is 0.416 e. The molecule has 1 aromatic heterocycles. The number of alkyl halides is 3. The molecule has 6 rings (SSSR count). The summed E-state index contributed by atoms with van der Waals surface area (Å²) in [5.41, 5.74) is 1.36. The first-order valence-electron chi connectivity index (χ1n) is 12.5. The molecule has 1 saturated heterocycles. The van der Waals surface area contributed by atoms with E-state index in [-0.39, 0.29) is 29.6 Å². The fraction of sp³-hybridized carbons (Fsp3) is 0.250. The molecule has 2 aliphatic heterocycles. The van der Waals surface area contributed by atoms with Crippen LogP contribution in [0.25, 0.3) is 10.9 Å². The van der Waals surface area contributed by atoms with Gasteiger partial charge < -0.3 is 24.3 Å². The molecule has 8 nitrogen and oxygen atoms in total. The first kappa shape index (κ1) is 25.9. The number of hydrogen-bond donors (Lipinski definition) is 1. The van der Waals surface area contributed by atoms with Gasteiger partial charge in [-0.2, -0.15) is 13.2 Å². The summed E-state index contributed by atoms with van der Waals surface area (Å²) in [6.07, 6.45) is -4.41. The number of piperazine rings is 1. The van der Waals surface area contributed by atoms with E-state index < -0.39 is 11.7 Å². The number of benzene rings is 3. The van der Waals surface area contributed by atoms with Crippen LogP contribution in [0.4, 0.5) is 18.9 Å². The van der Waals surface area contributed by atoms with Gasteiger partial charge in [0, 0.05) is 43.5 Å². The van der Waals surface area contributed by atoms with Crippen LogP contribution < -0.4 is 19.9 Å². The maximum atomic E-state index is 13.2. The van der Waals surface area contributed by atoms with E-state index in [1.165, 1.54) is 10.6 Å². The lowest BCUT2D eigenvalue weighted by Gasteiger charge is -2.36. The number of halogens is 3. The highest BCUT2D eigenvalue weighted by Gasteiger charge is 2.31. The monoisotopic (exact) mass is 568 g/mol. The average Bonchev–Trinajstić information content (AvgIpc) is 3.41. The van der Waals surface area contributed by atoms with Gasteiger partial charge in [-0.3, -0.25) is 14.2 Å². The molecule has 1 fully saturated rings. The van der Waals surface area contributed by atoms with E-state index in [0.717, 1.165) is 17.7 Å². The number of nitrogens with zero attached hydrogens (tertiary/aromatic N) is 3. The van der Waals surface area contributed by atoms with Gasteiger partial charge in [0.25, 0.3) is 11.5 Å². The standard InChI is InChI=1S/C28H23F3N4O4S/c29-28(30,31)19-2-1-3-20(12-19)33-8-10-34(11-9-33)25(36)18-6-4-17(5-7-18)15-35-26(37)21-13-23-24(39-16-38-23)14-22(21)32-27(35)40/h1-7,12-14H,8-11,15-16H2,(H,32,40). The fourth-order valence-corrected chi connectivity index (χ4v) is 5.21. The summed E-state index contributed by atoms with van der Waals surface area (Å²) in [4.78, 5) is 32.9. The van der Waals surface area contributed by atoms with E-state index in [0.29, 0.717) is 59.8 Å². The Labute approximate surface area is 231 Å². The summed E-state index contributed by atoms with van der Waals surface area (Å²) in [5, 5.41) is 0.425. The highest BCUT2D eigenvalue weighted by Crippen LogP contribution is 2.34. The molecule has 3 aromatic carbocycles.